The van der Waals surface area contributed by atoms with Crippen molar-refractivity contribution in [1.29, 1.82) is 5.26 Å². The number of aliphatic imine (C=N–C) groups is 1. The predicted octanol–water partition coefficient (Wildman–Crippen LogP) is 3.38. The molecule has 0 aromatic heterocycles. The molecule has 8 heteroatoms. The first kappa shape index (κ1) is 20.4. The van der Waals surface area contributed by atoms with Crippen molar-refractivity contribution in [3.8, 4) is 11.8 Å². The molecule has 1 aliphatic rings. The fourth-order valence-electron chi connectivity index (χ4n) is 2.47. The van der Waals surface area contributed by atoms with Crippen LogP contribution < -0.4 is 15.5 Å². The highest BCUT2D eigenvalue weighted by atomic mass is 32.2. The van der Waals surface area contributed by atoms with Crippen LogP contribution in [0.2, 0.25) is 0 Å². The highest BCUT2D eigenvalue weighted by molar-refractivity contribution is 8.14. The second kappa shape index (κ2) is 10.3. The first-order valence-corrected chi connectivity index (χ1v) is 10.1. The van der Waals surface area contributed by atoms with Crippen LogP contribution in [0.4, 0.5) is 5.69 Å². The van der Waals surface area contributed by atoms with Crippen LogP contribution in [-0.2, 0) is 4.79 Å². The van der Waals surface area contributed by atoms with E-state index in [0.717, 1.165) is 35.1 Å². The van der Waals surface area contributed by atoms with Gasteiger partial charge in [0.25, 0.3) is 5.91 Å². The molecule has 0 bridgehead atoms. The SMILES string of the molecule is C/C(=N/NC(=O)COc1ccc(C#N)cc1)c1ccc(NC2=NCCCS2)cc1. The number of amides is 1. The van der Waals surface area contributed by atoms with Crippen LogP contribution in [-0.4, -0.2) is 35.7 Å². The molecule has 0 fully saturated rings. The molecule has 0 atom stereocenters. The van der Waals surface area contributed by atoms with E-state index in [1.54, 1.807) is 36.0 Å². The summed E-state index contributed by atoms with van der Waals surface area (Å²) in [5.41, 5.74) is 5.58. The lowest BCUT2D eigenvalue weighted by Crippen LogP contribution is -2.25. The summed E-state index contributed by atoms with van der Waals surface area (Å²) in [5, 5.41) is 17.2. The van der Waals surface area contributed by atoms with E-state index >= 15 is 0 Å². The Kier molecular flexibility index (Phi) is 7.25. The van der Waals surface area contributed by atoms with Crippen molar-refractivity contribution in [2.75, 3.05) is 24.2 Å². The van der Waals surface area contributed by atoms with Crippen molar-refractivity contribution in [3.63, 3.8) is 0 Å². The van der Waals surface area contributed by atoms with Gasteiger partial charge in [-0.2, -0.15) is 10.4 Å². The normalized spacial score (nSPS) is 13.8. The van der Waals surface area contributed by atoms with Crippen molar-refractivity contribution >= 4 is 34.2 Å². The van der Waals surface area contributed by atoms with Gasteiger partial charge in [-0.3, -0.25) is 9.79 Å². The molecule has 1 aliphatic heterocycles. The third-order valence-electron chi connectivity index (χ3n) is 4.05. The van der Waals surface area contributed by atoms with E-state index in [9.17, 15) is 4.79 Å². The molecule has 0 radical (unpaired) electrons. The van der Waals surface area contributed by atoms with Crippen molar-refractivity contribution in [3.05, 3.63) is 59.7 Å². The van der Waals surface area contributed by atoms with Gasteiger partial charge in [0.05, 0.1) is 17.3 Å². The molecule has 148 valence electrons. The average Bonchev–Trinajstić information content (AvgIpc) is 2.77. The van der Waals surface area contributed by atoms with Gasteiger partial charge in [-0.05, 0) is 55.3 Å². The molecule has 3 rings (SSSR count). The van der Waals surface area contributed by atoms with Gasteiger partial charge in [-0.1, -0.05) is 23.9 Å². The zero-order valence-corrected chi connectivity index (χ0v) is 16.8. The molecule has 0 saturated heterocycles. The summed E-state index contributed by atoms with van der Waals surface area (Å²) in [4.78, 5) is 16.4. The minimum atomic E-state index is -0.362. The number of benzene rings is 2. The van der Waals surface area contributed by atoms with Crippen molar-refractivity contribution < 1.29 is 9.53 Å². The van der Waals surface area contributed by atoms with Gasteiger partial charge in [-0.25, -0.2) is 5.43 Å². The van der Waals surface area contributed by atoms with Gasteiger partial charge in [0.2, 0.25) is 0 Å². The predicted molar refractivity (Wildman–Crippen MR) is 116 cm³/mol. The van der Waals surface area contributed by atoms with Gasteiger partial charge in [0.1, 0.15) is 5.75 Å². The molecule has 7 nitrogen and oxygen atoms in total. The molecule has 0 spiro atoms. The van der Waals surface area contributed by atoms with Crippen molar-refractivity contribution in [2.24, 2.45) is 10.1 Å². The Hall–Kier alpha value is -3.31. The third-order valence-corrected chi connectivity index (χ3v) is 5.05. The molecule has 2 aromatic carbocycles. The number of ether oxygens (including phenoxy) is 1. The second-order valence-electron chi connectivity index (χ2n) is 6.25. The standard InChI is InChI=1S/C21H21N5O2S/c1-15(17-5-7-18(8-6-17)24-21-23-11-2-12-29-21)25-26-20(27)14-28-19-9-3-16(13-22)4-10-19/h3-10H,2,11-12,14H2,1H3,(H,23,24)(H,26,27)/b25-15-. The fourth-order valence-corrected chi connectivity index (χ4v) is 3.31. The molecular formula is C21H21N5O2S. The van der Waals surface area contributed by atoms with Crippen LogP contribution in [0.5, 0.6) is 5.75 Å². The molecule has 29 heavy (non-hydrogen) atoms. The Bertz CT molecular complexity index is 947. The molecule has 1 heterocycles. The zero-order chi connectivity index (χ0) is 20.5. The number of anilines is 1. The Morgan fingerprint density at radius 1 is 1.24 bits per heavy atom. The Labute approximate surface area is 173 Å². The van der Waals surface area contributed by atoms with E-state index in [2.05, 4.69) is 20.8 Å². The smallest absolute Gasteiger partial charge is 0.277 e. The molecule has 1 amide bonds. The Morgan fingerprint density at radius 2 is 2.00 bits per heavy atom. The summed E-state index contributed by atoms with van der Waals surface area (Å²) in [6.07, 6.45) is 1.12. The maximum absolute atomic E-state index is 11.9. The lowest BCUT2D eigenvalue weighted by molar-refractivity contribution is -0.123. The van der Waals surface area contributed by atoms with E-state index in [4.69, 9.17) is 10.00 Å². The summed E-state index contributed by atoms with van der Waals surface area (Å²) < 4.78 is 5.38. The summed E-state index contributed by atoms with van der Waals surface area (Å²) in [5.74, 6) is 1.24. The van der Waals surface area contributed by atoms with Gasteiger partial charge < -0.3 is 10.1 Å². The molecule has 2 aromatic rings. The highest BCUT2D eigenvalue weighted by Gasteiger charge is 2.07. The number of hydrogen-bond acceptors (Lipinski definition) is 7. The molecule has 0 saturated carbocycles. The quantitative estimate of drug-likeness (QED) is 0.565. The van der Waals surface area contributed by atoms with Crippen LogP contribution in [0.3, 0.4) is 0 Å². The number of rotatable bonds is 6. The topological polar surface area (TPSA) is 98.9 Å². The highest BCUT2D eigenvalue weighted by Crippen LogP contribution is 2.17. The summed E-state index contributed by atoms with van der Waals surface area (Å²) in [7, 11) is 0. The van der Waals surface area contributed by atoms with Crippen LogP contribution in [0, 0.1) is 11.3 Å². The van der Waals surface area contributed by atoms with E-state index in [1.165, 1.54) is 0 Å². The van der Waals surface area contributed by atoms with Crippen molar-refractivity contribution in [1.82, 2.24) is 5.43 Å². The molecule has 0 unspecified atom stereocenters. The minimum Gasteiger partial charge on any atom is -0.484 e. The van der Waals surface area contributed by atoms with E-state index < -0.39 is 0 Å². The Balaban J connectivity index is 1.48. The molecular weight excluding hydrogens is 386 g/mol. The lowest BCUT2D eigenvalue weighted by atomic mass is 10.1. The first-order valence-electron chi connectivity index (χ1n) is 9.15. The van der Waals surface area contributed by atoms with E-state index in [0.29, 0.717) is 17.0 Å². The van der Waals surface area contributed by atoms with Gasteiger partial charge in [0, 0.05) is 18.0 Å². The zero-order valence-electron chi connectivity index (χ0n) is 16.0. The van der Waals surface area contributed by atoms with Gasteiger partial charge in [-0.15, -0.1) is 0 Å². The van der Waals surface area contributed by atoms with Gasteiger partial charge in [0.15, 0.2) is 11.8 Å². The maximum Gasteiger partial charge on any atom is 0.277 e. The largest absolute Gasteiger partial charge is 0.484 e. The van der Waals surface area contributed by atoms with E-state index in [-0.39, 0.29) is 12.5 Å². The number of hydrogen-bond donors (Lipinski definition) is 2. The first-order chi connectivity index (χ1) is 14.1. The van der Waals surface area contributed by atoms with Crippen LogP contribution in [0.25, 0.3) is 0 Å². The number of thioether (sulfide) groups is 1. The summed E-state index contributed by atoms with van der Waals surface area (Å²) in [6, 6.07) is 16.4. The summed E-state index contributed by atoms with van der Waals surface area (Å²) >= 11 is 1.73. The number of carbonyl (C=O) groups excluding carboxylic acids is 1. The van der Waals surface area contributed by atoms with Crippen molar-refractivity contribution in [2.45, 2.75) is 13.3 Å². The minimum absolute atomic E-state index is 0.161. The lowest BCUT2D eigenvalue weighted by Gasteiger charge is -2.13. The number of carbonyl (C=O) groups is 1. The van der Waals surface area contributed by atoms with Crippen LogP contribution >= 0.6 is 11.8 Å². The molecule has 2 N–H and O–H groups in total. The molecule has 0 aliphatic carbocycles. The summed E-state index contributed by atoms with van der Waals surface area (Å²) in [6.45, 7) is 2.53. The second-order valence-corrected chi connectivity index (χ2v) is 7.33. The third kappa shape index (κ3) is 6.36. The number of hydrazone groups is 1. The number of nitrogens with zero attached hydrogens (tertiary/aromatic N) is 3. The van der Waals surface area contributed by atoms with Crippen LogP contribution in [0.15, 0.2) is 58.6 Å². The average molecular weight is 407 g/mol. The number of nitriles is 1. The van der Waals surface area contributed by atoms with Crippen LogP contribution in [0.1, 0.15) is 24.5 Å². The maximum atomic E-state index is 11.9. The number of nitrogens with one attached hydrogen (secondary N) is 2. The van der Waals surface area contributed by atoms with E-state index in [1.807, 2.05) is 37.3 Å². The monoisotopic (exact) mass is 407 g/mol. The fraction of sp³-hybridized carbons (Fsp3) is 0.238. The van der Waals surface area contributed by atoms with Gasteiger partial charge >= 0.3 is 0 Å². The number of amidine groups is 1. The Morgan fingerprint density at radius 3 is 2.66 bits per heavy atom.